The largest absolute Gasteiger partial charge is 0.490 e. The van der Waals surface area contributed by atoms with E-state index in [1.54, 1.807) is 24.7 Å². The molecule has 0 aromatic carbocycles. The number of carboxylic acids is 3. The van der Waals surface area contributed by atoms with Gasteiger partial charge in [0.15, 0.2) is 0 Å². The zero-order chi connectivity index (χ0) is 28.7. The third kappa shape index (κ3) is 9.04. The molecule has 0 spiro atoms. The van der Waals surface area contributed by atoms with E-state index in [0.717, 1.165) is 17.7 Å². The summed E-state index contributed by atoms with van der Waals surface area (Å²) in [6, 6.07) is 1.78. The van der Waals surface area contributed by atoms with Gasteiger partial charge in [-0.15, -0.1) is 0 Å². The standard InChI is InChI=1S/C17H19N5O2.2C2HF3O2/c23-16(24)14-13-4-7-22(17-18-5-1-6-19-17)10-12(13)9-21-15(14)20-8-11-2-3-11;2*3-2(4,5)1(6)7/h1,5-6,9,11H,2-4,7-8,10H2,(H,20,21)(H,23,24);2*(H,6,7). The molecule has 0 atom stereocenters. The summed E-state index contributed by atoms with van der Waals surface area (Å²) in [6.07, 6.45) is -1.88. The third-order valence-corrected chi connectivity index (χ3v) is 5.06. The highest BCUT2D eigenvalue weighted by molar-refractivity contribution is 5.95. The molecule has 0 amide bonds. The molecular formula is C21H21F6N5O6. The number of aliphatic carboxylic acids is 2. The lowest BCUT2D eigenvalue weighted by atomic mass is 9.96. The van der Waals surface area contributed by atoms with Gasteiger partial charge in [-0.2, -0.15) is 26.3 Å². The molecule has 1 aliphatic carbocycles. The van der Waals surface area contributed by atoms with Crippen LogP contribution >= 0.6 is 0 Å². The van der Waals surface area contributed by atoms with Crippen molar-refractivity contribution < 1.29 is 56.0 Å². The first-order chi connectivity index (χ1) is 17.6. The number of rotatable bonds is 5. The van der Waals surface area contributed by atoms with Gasteiger partial charge < -0.3 is 25.5 Å². The number of pyridine rings is 1. The number of hydrogen-bond acceptors (Lipinski definition) is 8. The first-order valence-electron chi connectivity index (χ1n) is 10.7. The monoisotopic (exact) mass is 553 g/mol. The van der Waals surface area contributed by atoms with Gasteiger partial charge in [-0.25, -0.2) is 29.3 Å². The lowest BCUT2D eigenvalue weighted by Gasteiger charge is -2.29. The van der Waals surface area contributed by atoms with Crippen molar-refractivity contribution >= 4 is 29.7 Å². The maximum atomic E-state index is 11.8. The van der Waals surface area contributed by atoms with Crippen LogP contribution in [0.1, 0.15) is 34.3 Å². The van der Waals surface area contributed by atoms with Gasteiger partial charge in [0.05, 0.1) is 0 Å². The van der Waals surface area contributed by atoms with Crippen molar-refractivity contribution in [1.82, 2.24) is 15.0 Å². The number of hydrogen-bond donors (Lipinski definition) is 4. The predicted molar refractivity (Wildman–Crippen MR) is 117 cm³/mol. The molecule has 208 valence electrons. The summed E-state index contributed by atoms with van der Waals surface area (Å²) in [7, 11) is 0. The quantitative estimate of drug-likeness (QED) is 0.402. The molecule has 1 fully saturated rings. The Morgan fingerprint density at radius 3 is 1.92 bits per heavy atom. The van der Waals surface area contributed by atoms with E-state index in [1.807, 2.05) is 4.90 Å². The summed E-state index contributed by atoms with van der Waals surface area (Å²) in [6.45, 7) is 2.08. The average Bonchev–Trinajstić information content (AvgIpc) is 3.66. The van der Waals surface area contributed by atoms with E-state index in [0.29, 0.717) is 42.8 Å². The number of aromatic carboxylic acids is 1. The Kier molecular flexibility index (Phi) is 9.78. The van der Waals surface area contributed by atoms with Crippen molar-refractivity contribution in [3.63, 3.8) is 0 Å². The van der Waals surface area contributed by atoms with E-state index in [2.05, 4.69) is 20.3 Å². The maximum Gasteiger partial charge on any atom is 0.490 e. The van der Waals surface area contributed by atoms with E-state index in [-0.39, 0.29) is 0 Å². The second kappa shape index (κ2) is 12.4. The van der Waals surface area contributed by atoms with Crippen molar-refractivity contribution in [3.8, 4) is 0 Å². The molecule has 11 nitrogen and oxygen atoms in total. The number of carbonyl (C=O) groups is 3. The molecule has 0 saturated heterocycles. The minimum absolute atomic E-state index is 0.321. The number of carboxylic acid groups (broad SMARTS) is 3. The van der Waals surface area contributed by atoms with Crippen molar-refractivity contribution in [1.29, 1.82) is 0 Å². The molecular weight excluding hydrogens is 532 g/mol. The smallest absolute Gasteiger partial charge is 0.478 e. The van der Waals surface area contributed by atoms with Gasteiger partial charge in [0, 0.05) is 38.2 Å². The van der Waals surface area contributed by atoms with Crippen molar-refractivity contribution in [2.75, 3.05) is 23.3 Å². The summed E-state index contributed by atoms with van der Waals surface area (Å²) >= 11 is 0. The molecule has 0 bridgehead atoms. The van der Waals surface area contributed by atoms with E-state index in [1.165, 1.54) is 12.8 Å². The van der Waals surface area contributed by atoms with E-state index >= 15 is 0 Å². The zero-order valence-electron chi connectivity index (χ0n) is 19.3. The first kappa shape index (κ1) is 30.0. The van der Waals surface area contributed by atoms with Crippen LogP contribution in [0.2, 0.25) is 0 Å². The van der Waals surface area contributed by atoms with Crippen LogP contribution < -0.4 is 10.2 Å². The van der Waals surface area contributed by atoms with E-state index < -0.39 is 30.3 Å². The molecule has 2 aromatic heterocycles. The third-order valence-electron chi connectivity index (χ3n) is 5.06. The minimum atomic E-state index is -5.08. The Balaban J connectivity index is 0.000000301. The Morgan fingerprint density at radius 2 is 1.47 bits per heavy atom. The minimum Gasteiger partial charge on any atom is -0.478 e. The van der Waals surface area contributed by atoms with Crippen molar-refractivity contribution in [2.45, 2.75) is 38.2 Å². The number of anilines is 2. The zero-order valence-corrected chi connectivity index (χ0v) is 19.3. The summed E-state index contributed by atoms with van der Waals surface area (Å²) in [5.41, 5.74) is 2.13. The van der Waals surface area contributed by atoms with Gasteiger partial charge in [0.2, 0.25) is 5.95 Å². The second-order valence-electron chi connectivity index (χ2n) is 7.94. The van der Waals surface area contributed by atoms with Crippen LogP contribution in [0.3, 0.4) is 0 Å². The Hall–Kier alpha value is -4.18. The Morgan fingerprint density at radius 1 is 0.947 bits per heavy atom. The number of nitrogens with zero attached hydrogens (tertiary/aromatic N) is 4. The molecule has 1 aliphatic heterocycles. The number of aromatic nitrogens is 3. The fraction of sp³-hybridized carbons (Fsp3) is 0.429. The normalized spacial score (nSPS) is 14.6. The van der Waals surface area contributed by atoms with Crippen LogP contribution in [0, 0.1) is 5.92 Å². The van der Waals surface area contributed by atoms with Crippen molar-refractivity contribution in [2.24, 2.45) is 5.92 Å². The summed E-state index contributed by atoms with van der Waals surface area (Å²) in [5.74, 6) is -4.61. The molecule has 17 heteroatoms. The first-order valence-corrected chi connectivity index (χ1v) is 10.7. The average molecular weight is 553 g/mol. The van der Waals surface area contributed by atoms with Gasteiger partial charge in [-0.1, -0.05) is 0 Å². The van der Waals surface area contributed by atoms with Crippen LogP contribution in [-0.2, 0) is 22.6 Å². The molecule has 38 heavy (non-hydrogen) atoms. The van der Waals surface area contributed by atoms with Gasteiger partial charge in [-0.05, 0) is 42.4 Å². The lowest BCUT2D eigenvalue weighted by Crippen LogP contribution is -2.33. The molecule has 1 saturated carbocycles. The summed E-state index contributed by atoms with van der Waals surface area (Å²) in [4.78, 5) is 44.6. The van der Waals surface area contributed by atoms with Crippen LogP contribution in [0.5, 0.6) is 0 Å². The number of fused-ring (bicyclic) bond motifs is 1. The van der Waals surface area contributed by atoms with Gasteiger partial charge >= 0.3 is 30.3 Å². The van der Waals surface area contributed by atoms with Crippen LogP contribution in [-0.4, -0.2) is 73.6 Å². The second-order valence-corrected chi connectivity index (χ2v) is 7.94. The lowest BCUT2D eigenvalue weighted by molar-refractivity contribution is -0.193. The van der Waals surface area contributed by atoms with Gasteiger partial charge in [-0.3, -0.25) is 0 Å². The SMILES string of the molecule is O=C(O)C(F)(F)F.O=C(O)C(F)(F)F.O=C(O)c1c(NCC2CC2)ncc2c1CCN(c1ncccn1)C2. The highest BCUT2D eigenvalue weighted by Crippen LogP contribution is 2.31. The van der Waals surface area contributed by atoms with Gasteiger partial charge in [0.25, 0.3) is 0 Å². The van der Waals surface area contributed by atoms with Crippen LogP contribution in [0.4, 0.5) is 38.1 Å². The highest BCUT2D eigenvalue weighted by atomic mass is 19.4. The highest BCUT2D eigenvalue weighted by Gasteiger charge is 2.39. The Bertz CT molecular complexity index is 1120. The molecule has 0 radical (unpaired) electrons. The molecule has 4 rings (SSSR count). The molecule has 2 aromatic rings. The number of alkyl halides is 6. The molecule has 0 unspecified atom stereocenters. The fourth-order valence-electron chi connectivity index (χ4n) is 3.09. The van der Waals surface area contributed by atoms with Crippen molar-refractivity contribution in [3.05, 3.63) is 41.3 Å². The number of nitrogens with one attached hydrogen (secondary N) is 1. The summed E-state index contributed by atoms with van der Waals surface area (Å²) in [5, 5.41) is 27.1. The fourth-order valence-corrected chi connectivity index (χ4v) is 3.09. The predicted octanol–water partition coefficient (Wildman–Crippen LogP) is 3.22. The van der Waals surface area contributed by atoms with E-state index in [9.17, 15) is 36.2 Å². The van der Waals surface area contributed by atoms with Gasteiger partial charge in [0.1, 0.15) is 11.4 Å². The van der Waals surface area contributed by atoms with Crippen LogP contribution in [0.15, 0.2) is 24.7 Å². The maximum absolute atomic E-state index is 11.8. The number of halogens is 6. The van der Waals surface area contributed by atoms with Crippen LogP contribution in [0.25, 0.3) is 0 Å². The molecule has 2 aliphatic rings. The Labute approximate surface area is 210 Å². The molecule has 3 heterocycles. The topological polar surface area (TPSA) is 166 Å². The molecule has 4 N–H and O–H groups in total. The summed E-state index contributed by atoms with van der Waals surface area (Å²) < 4.78 is 63.5. The van der Waals surface area contributed by atoms with E-state index in [4.69, 9.17) is 19.8 Å².